The first-order valence-corrected chi connectivity index (χ1v) is 7.15. The Kier molecular flexibility index (Phi) is 5.50. The summed E-state index contributed by atoms with van der Waals surface area (Å²) in [5.74, 6) is 0.0205. The van der Waals surface area contributed by atoms with Gasteiger partial charge in [0, 0.05) is 24.5 Å². The van der Waals surface area contributed by atoms with E-state index in [9.17, 15) is 4.79 Å². The highest BCUT2D eigenvalue weighted by molar-refractivity contribution is 6.00. The van der Waals surface area contributed by atoms with Crippen molar-refractivity contribution in [3.63, 3.8) is 0 Å². The maximum Gasteiger partial charge on any atom is 0.225 e. The molecule has 0 saturated carbocycles. The second-order valence-corrected chi connectivity index (χ2v) is 4.78. The van der Waals surface area contributed by atoms with Gasteiger partial charge in [-0.25, -0.2) is 0 Å². The quantitative estimate of drug-likeness (QED) is 0.761. The van der Waals surface area contributed by atoms with Crippen LogP contribution in [-0.4, -0.2) is 24.0 Å². The molecule has 0 fully saturated rings. The van der Waals surface area contributed by atoms with Crippen LogP contribution in [0, 0.1) is 0 Å². The number of nitrogens with one attached hydrogen (secondary N) is 2. The number of amides is 1. The fourth-order valence-corrected chi connectivity index (χ4v) is 2.05. The molecular formula is C16H21N3O. The zero-order chi connectivity index (χ0) is 14.2. The summed E-state index contributed by atoms with van der Waals surface area (Å²) < 4.78 is 0. The lowest BCUT2D eigenvalue weighted by molar-refractivity contribution is -0.116. The van der Waals surface area contributed by atoms with Crippen LogP contribution in [0.3, 0.4) is 0 Å². The Morgan fingerprint density at radius 1 is 1.20 bits per heavy atom. The monoisotopic (exact) mass is 271 g/mol. The molecule has 0 aliphatic carbocycles. The molecule has 0 saturated heterocycles. The maximum atomic E-state index is 11.9. The van der Waals surface area contributed by atoms with Crippen molar-refractivity contribution in [1.82, 2.24) is 10.3 Å². The van der Waals surface area contributed by atoms with Crippen molar-refractivity contribution >= 4 is 22.5 Å². The van der Waals surface area contributed by atoms with E-state index in [0.29, 0.717) is 13.0 Å². The zero-order valence-electron chi connectivity index (χ0n) is 11.9. The van der Waals surface area contributed by atoms with E-state index in [1.165, 1.54) is 6.42 Å². The van der Waals surface area contributed by atoms with Crippen molar-refractivity contribution in [2.45, 2.75) is 26.2 Å². The number of unbranched alkanes of at least 4 members (excludes halogenated alkanes) is 1. The van der Waals surface area contributed by atoms with E-state index in [-0.39, 0.29) is 5.91 Å². The molecule has 1 aromatic heterocycles. The lowest BCUT2D eigenvalue weighted by Crippen LogP contribution is -2.22. The summed E-state index contributed by atoms with van der Waals surface area (Å²) in [4.78, 5) is 16.2. The minimum absolute atomic E-state index is 0.0205. The van der Waals surface area contributed by atoms with Crippen molar-refractivity contribution in [3.05, 3.63) is 36.5 Å². The molecule has 0 aliphatic rings. The Morgan fingerprint density at radius 3 is 2.90 bits per heavy atom. The molecule has 2 aromatic rings. The summed E-state index contributed by atoms with van der Waals surface area (Å²) >= 11 is 0. The van der Waals surface area contributed by atoms with Crippen LogP contribution in [0.1, 0.15) is 26.2 Å². The third-order valence-electron chi connectivity index (χ3n) is 3.14. The summed E-state index contributed by atoms with van der Waals surface area (Å²) in [5.41, 5.74) is 1.61. The number of aromatic nitrogens is 1. The van der Waals surface area contributed by atoms with E-state index in [4.69, 9.17) is 0 Å². The minimum Gasteiger partial charge on any atom is -0.324 e. The van der Waals surface area contributed by atoms with Crippen molar-refractivity contribution in [2.24, 2.45) is 0 Å². The topological polar surface area (TPSA) is 54.0 Å². The summed E-state index contributed by atoms with van der Waals surface area (Å²) in [5, 5.41) is 7.23. The number of carbonyl (C=O) groups is 1. The molecule has 20 heavy (non-hydrogen) atoms. The van der Waals surface area contributed by atoms with Crippen molar-refractivity contribution < 1.29 is 4.79 Å². The van der Waals surface area contributed by atoms with Gasteiger partial charge in [0.25, 0.3) is 0 Å². The van der Waals surface area contributed by atoms with Crippen LogP contribution in [0.4, 0.5) is 5.69 Å². The van der Waals surface area contributed by atoms with Crippen LogP contribution in [0.25, 0.3) is 10.9 Å². The first kappa shape index (κ1) is 14.5. The number of anilines is 1. The molecule has 106 valence electrons. The van der Waals surface area contributed by atoms with Crippen molar-refractivity contribution in [2.75, 3.05) is 18.4 Å². The summed E-state index contributed by atoms with van der Waals surface area (Å²) in [6.07, 6.45) is 4.53. The molecule has 0 radical (unpaired) electrons. The Bertz CT molecular complexity index is 563. The Balaban J connectivity index is 1.90. The van der Waals surface area contributed by atoms with E-state index in [0.717, 1.165) is 29.6 Å². The van der Waals surface area contributed by atoms with Gasteiger partial charge in [0.1, 0.15) is 0 Å². The second kappa shape index (κ2) is 7.60. The number of benzene rings is 1. The summed E-state index contributed by atoms with van der Waals surface area (Å²) in [6, 6.07) is 9.69. The highest BCUT2D eigenvalue weighted by atomic mass is 16.1. The predicted molar refractivity (Wildman–Crippen MR) is 82.8 cm³/mol. The number of nitrogens with zero attached hydrogens (tertiary/aromatic N) is 1. The summed E-state index contributed by atoms with van der Waals surface area (Å²) in [7, 11) is 0. The van der Waals surface area contributed by atoms with Gasteiger partial charge in [0.2, 0.25) is 5.91 Å². The lowest BCUT2D eigenvalue weighted by atomic mass is 10.2. The molecule has 2 rings (SSSR count). The van der Waals surface area contributed by atoms with Gasteiger partial charge in [-0.05, 0) is 25.1 Å². The molecule has 0 unspecified atom stereocenters. The molecule has 4 heteroatoms. The Hall–Kier alpha value is -1.94. The molecule has 0 bridgehead atoms. The van der Waals surface area contributed by atoms with Crippen molar-refractivity contribution in [3.8, 4) is 0 Å². The van der Waals surface area contributed by atoms with Crippen LogP contribution in [-0.2, 0) is 4.79 Å². The molecular weight excluding hydrogens is 250 g/mol. The smallest absolute Gasteiger partial charge is 0.225 e. The zero-order valence-corrected chi connectivity index (χ0v) is 11.9. The van der Waals surface area contributed by atoms with E-state index in [1.807, 2.05) is 30.3 Å². The third kappa shape index (κ3) is 4.03. The van der Waals surface area contributed by atoms with Gasteiger partial charge in [-0.15, -0.1) is 0 Å². The second-order valence-electron chi connectivity index (χ2n) is 4.78. The van der Waals surface area contributed by atoms with Gasteiger partial charge in [-0.3, -0.25) is 9.78 Å². The molecule has 4 nitrogen and oxygen atoms in total. The van der Waals surface area contributed by atoms with E-state index >= 15 is 0 Å². The first-order valence-electron chi connectivity index (χ1n) is 7.15. The van der Waals surface area contributed by atoms with E-state index < -0.39 is 0 Å². The number of fused-ring (bicyclic) bond motifs is 1. The van der Waals surface area contributed by atoms with Crippen LogP contribution >= 0.6 is 0 Å². The van der Waals surface area contributed by atoms with Crippen LogP contribution in [0.15, 0.2) is 36.5 Å². The Morgan fingerprint density at radius 2 is 2.05 bits per heavy atom. The van der Waals surface area contributed by atoms with Gasteiger partial charge in [-0.1, -0.05) is 31.5 Å². The third-order valence-corrected chi connectivity index (χ3v) is 3.14. The predicted octanol–water partition coefficient (Wildman–Crippen LogP) is 2.95. The average molecular weight is 271 g/mol. The fourth-order valence-electron chi connectivity index (χ4n) is 2.05. The molecule has 0 atom stereocenters. The Labute approximate surface area is 119 Å². The number of para-hydroxylation sites is 1. The fraction of sp³-hybridized carbons (Fsp3) is 0.375. The van der Waals surface area contributed by atoms with Gasteiger partial charge >= 0.3 is 0 Å². The maximum absolute atomic E-state index is 11.9. The van der Waals surface area contributed by atoms with E-state index in [1.54, 1.807) is 6.20 Å². The highest BCUT2D eigenvalue weighted by Crippen LogP contribution is 2.20. The molecule has 0 aliphatic heterocycles. The molecule has 2 N–H and O–H groups in total. The van der Waals surface area contributed by atoms with Crippen LogP contribution in [0.5, 0.6) is 0 Å². The molecule has 0 spiro atoms. The normalized spacial score (nSPS) is 10.7. The van der Waals surface area contributed by atoms with Gasteiger partial charge < -0.3 is 10.6 Å². The van der Waals surface area contributed by atoms with Gasteiger partial charge in [0.15, 0.2) is 0 Å². The number of rotatable bonds is 7. The van der Waals surface area contributed by atoms with Gasteiger partial charge in [0.05, 0.1) is 11.2 Å². The summed E-state index contributed by atoms with van der Waals surface area (Å²) in [6.45, 7) is 3.84. The van der Waals surface area contributed by atoms with Crippen LogP contribution in [0.2, 0.25) is 0 Å². The first-order chi connectivity index (χ1) is 9.81. The number of hydrogen-bond donors (Lipinski definition) is 2. The van der Waals surface area contributed by atoms with Crippen molar-refractivity contribution in [1.29, 1.82) is 0 Å². The lowest BCUT2D eigenvalue weighted by Gasteiger charge is -2.08. The standard InChI is InChI=1S/C16H21N3O/c1-2-3-10-17-12-9-15(20)19-14-8-4-6-13-7-5-11-18-16(13)14/h4-8,11,17H,2-3,9-10,12H2,1H3,(H,19,20). The molecule has 1 heterocycles. The number of pyridine rings is 1. The minimum atomic E-state index is 0.0205. The molecule has 1 aromatic carbocycles. The highest BCUT2D eigenvalue weighted by Gasteiger charge is 2.05. The molecule has 1 amide bonds. The average Bonchev–Trinajstić information content (AvgIpc) is 2.47. The number of carbonyl (C=O) groups excluding carboxylic acids is 1. The largest absolute Gasteiger partial charge is 0.324 e. The van der Waals surface area contributed by atoms with E-state index in [2.05, 4.69) is 22.5 Å². The SMILES string of the molecule is CCCCNCCC(=O)Nc1cccc2cccnc12. The van der Waals surface area contributed by atoms with Crippen LogP contribution < -0.4 is 10.6 Å². The van der Waals surface area contributed by atoms with Gasteiger partial charge in [-0.2, -0.15) is 0 Å². The number of hydrogen-bond acceptors (Lipinski definition) is 3.